The van der Waals surface area contributed by atoms with Crippen LogP contribution in [0.5, 0.6) is 0 Å². The Labute approximate surface area is 51.6 Å². The van der Waals surface area contributed by atoms with Gasteiger partial charge in [-0.05, 0) is 38.5 Å². The first-order chi connectivity index (χ1) is 3.79. The Morgan fingerprint density at radius 3 is 2.50 bits per heavy atom. The second kappa shape index (κ2) is 2.34. The van der Waals surface area contributed by atoms with E-state index in [9.17, 15) is 0 Å². The van der Waals surface area contributed by atoms with Gasteiger partial charge >= 0.3 is 0 Å². The van der Waals surface area contributed by atoms with Crippen molar-refractivity contribution in [3.63, 3.8) is 0 Å². The van der Waals surface area contributed by atoms with Crippen LogP contribution in [0.25, 0.3) is 0 Å². The van der Waals surface area contributed by atoms with E-state index in [0.29, 0.717) is 11.8 Å². The summed E-state index contributed by atoms with van der Waals surface area (Å²) in [5.74, 6) is 1.13. The van der Waals surface area contributed by atoms with Gasteiger partial charge in [-0.25, -0.2) is 0 Å². The summed E-state index contributed by atoms with van der Waals surface area (Å²) in [6.45, 7) is 7.88. The smallest absolute Gasteiger partial charge is 0.0231 e. The van der Waals surface area contributed by atoms with Crippen molar-refractivity contribution in [1.29, 1.82) is 0 Å². The van der Waals surface area contributed by atoms with Crippen LogP contribution in [0.2, 0.25) is 0 Å². The summed E-state index contributed by atoms with van der Waals surface area (Å²) < 4.78 is 0. The van der Waals surface area contributed by atoms with Crippen LogP contribution in [-0.2, 0) is 0 Å². The van der Waals surface area contributed by atoms with E-state index in [-0.39, 0.29) is 0 Å². The zero-order valence-electron chi connectivity index (χ0n) is 5.14. The molecular weight excluding hydrogens is 96.1 g/mol. The highest BCUT2D eigenvalue weighted by molar-refractivity contribution is 4.97. The third kappa shape index (κ3) is 1.36. The van der Waals surface area contributed by atoms with Crippen molar-refractivity contribution >= 4 is 0 Å². The molecule has 0 amide bonds. The van der Waals surface area contributed by atoms with Crippen molar-refractivity contribution in [3.8, 4) is 0 Å². The summed E-state index contributed by atoms with van der Waals surface area (Å²) in [5.41, 5.74) is 0. The van der Waals surface area contributed by atoms with Crippen molar-refractivity contribution in [2.45, 2.75) is 12.8 Å². The summed E-state index contributed by atoms with van der Waals surface area (Å²) in [6.07, 6.45) is 6.66. The number of allylic oxidation sites excluding steroid dienone is 2. The molecule has 0 aromatic carbocycles. The summed E-state index contributed by atoms with van der Waals surface area (Å²) in [6, 6.07) is 0. The molecule has 1 aliphatic carbocycles. The van der Waals surface area contributed by atoms with Gasteiger partial charge in [0.2, 0.25) is 0 Å². The molecule has 0 N–H and O–H groups in total. The van der Waals surface area contributed by atoms with Crippen LogP contribution in [0, 0.1) is 25.7 Å². The monoisotopic (exact) mass is 108 g/mol. The van der Waals surface area contributed by atoms with Gasteiger partial charge in [0.05, 0.1) is 0 Å². The first-order valence-electron chi connectivity index (χ1n) is 3.12. The molecule has 2 radical (unpaired) electrons. The fourth-order valence-corrected chi connectivity index (χ4v) is 1.07. The van der Waals surface area contributed by atoms with Gasteiger partial charge in [-0.1, -0.05) is 12.2 Å². The highest BCUT2D eigenvalue weighted by Gasteiger charge is 2.08. The molecule has 0 saturated heterocycles. The molecule has 2 atom stereocenters. The molecule has 0 aliphatic heterocycles. The van der Waals surface area contributed by atoms with Gasteiger partial charge in [-0.3, -0.25) is 0 Å². The lowest BCUT2D eigenvalue weighted by molar-refractivity contribution is 0.514. The molecule has 0 heterocycles. The predicted octanol–water partition coefficient (Wildman–Crippen LogP) is 2.24. The van der Waals surface area contributed by atoms with Crippen LogP contribution in [0.4, 0.5) is 0 Å². The van der Waals surface area contributed by atoms with E-state index < -0.39 is 0 Å². The Kier molecular flexibility index (Phi) is 1.72. The second-order valence-electron chi connectivity index (χ2n) is 2.53. The molecule has 1 aliphatic rings. The van der Waals surface area contributed by atoms with Gasteiger partial charge in [0.1, 0.15) is 0 Å². The Bertz CT molecular complexity index is 92.2. The molecule has 2 unspecified atom stereocenters. The van der Waals surface area contributed by atoms with E-state index in [1.165, 1.54) is 0 Å². The maximum absolute atomic E-state index is 3.96. The molecule has 0 nitrogen and oxygen atoms in total. The summed E-state index contributed by atoms with van der Waals surface area (Å²) in [5, 5.41) is 0. The van der Waals surface area contributed by atoms with Gasteiger partial charge in [0.25, 0.3) is 0 Å². The van der Waals surface area contributed by atoms with Crippen LogP contribution >= 0.6 is 0 Å². The Balaban J connectivity index is 2.42. The maximum Gasteiger partial charge on any atom is -0.0231 e. The van der Waals surface area contributed by atoms with Gasteiger partial charge in [-0.2, -0.15) is 0 Å². The number of rotatable bonds is 0. The third-order valence-electron chi connectivity index (χ3n) is 1.51. The zero-order valence-corrected chi connectivity index (χ0v) is 5.14. The highest BCUT2D eigenvalue weighted by Crippen LogP contribution is 2.20. The van der Waals surface area contributed by atoms with Crippen LogP contribution in [0.1, 0.15) is 12.8 Å². The largest absolute Gasteiger partial charge is 0.0880 e. The molecule has 0 fully saturated rings. The minimum absolute atomic E-state index is 0.520. The highest BCUT2D eigenvalue weighted by atomic mass is 14.1. The van der Waals surface area contributed by atoms with E-state index in [4.69, 9.17) is 0 Å². The van der Waals surface area contributed by atoms with Gasteiger partial charge in [0.15, 0.2) is 0 Å². The lowest BCUT2D eigenvalue weighted by Crippen LogP contribution is -2.04. The standard InChI is InChI=1S/C8H12/c1-7-4-3-5-8(2)6-7/h3-4,7-8H,1-2,5-6H2. The first kappa shape index (κ1) is 5.87. The summed E-state index contributed by atoms with van der Waals surface area (Å²) in [7, 11) is 0. The van der Waals surface area contributed by atoms with Crippen molar-refractivity contribution in [2.75, 3.05) is 0 Å². The average molecular weight is 108 g/mol. The Morgan fingerprint density at radius 2 is 2.12 bits per heavy atom. The topological polar surface area (TPSA) is 0 Å². The minimum atomic E-state index is 0.520. The lowest BCUT2D eigenvalue weighted by Gasteiger charge is -2.16. The molecule has 0 spiro atoms. The quantitative estimate of drug-likeness (QED) is 0.417. The Hall–Kier alpha value is -0.260. The van der Waals surface area contributed by atoms with Crippen molar-refractivity contribution in [2.24, 2.45) is 11.8 Å². The van der Waals surface area contributed by atoms with Gasteiger partial charge < -0.3 is 0 Å². The fourth-order valence-electron chi connectivity index (χ4n) is 1.07. The van der Waals surface area contributed by atoms with Crippen molar-refractivity contribution in [3.05, 3.63) is 26.0 Å². The zero-order chi connectivity index (χ0) is 5.98. The summed E-state index contributed by atoms with van der Waals surface area (Å²) in [4.78, 5) is 0. The third-order valence-corrected chi connectivity index (χ3v) is 1.51. The van der Waals surface area contributed by atoms with Gasteiger partial charge in [-0.15, -0.1) is 0 Å². The van der Waals surface area contributed by atoms with E-state index >= 15 is 0 Å². The second-order valence-corrected chi connectivity index (χ2v) is 2.53. The molecule has 1 rings (SSSR count). The molecule has 0 aromatic heterocycles. The van der Waals surface area contributed by atoms with Crippen LogP contribution in [0.3, 0.4) is 0 Å². The maximum atomic E-state index is 3.96. The molecule has 0 heteroatoms. The van der Waals surface area contributed by atoms with Crippen LogP contribution < -0.4 is 0 Å². The van der Waals surface area contributed by atoms with E-state index in [2.05, 4.69) is 26.0 Å². The fraction of sp³-hybridized carbons (Fsp3) is 0.500. The van der Waals surface area contributed by atoms with Crippen molar-refractivity contribution in [1.82, 2.24) is 0 Å². The van der Waals surface area contributed by atoms with Crippen LogP contribution in [0.15, 0.2) is 12.2 Å². The van der Waals surface area contributed by atoms with E-state index in [0.717, 1.165) is 12.8 Å². The molecule has 0 bridgehead atoms. The molecule has 0 aromatic rings. The average Bonchev–Trinajstić information content (AvgIpc) is 1.64. The molecule has 0 saturated carbocycles. The van der Waals surface area contributed by atoms with Crippen LogP contribution in [-0.4, -0.2) is 0 Å². The number of hydrogen-bond donors (Lipinski definition) is 0. The SMILES string of the molecule is [CH2]C1C=CCC([CH2])C1. The molecule has 44 valence electrons. The summed E-state index contributed by atoms with van der Waals surface area (Å²) >= 11 is 0. The van der Waals surface area contributed by atoms with E-state index in [1.54, 1.807) is 0 Å². The molecule has 8 heavy (non-hydrogen) atoms. The van der Waals surface area contributed by atoms with Crippen molar-refractivity contribution < 1.29 is 0 Å². The lowest BCUT2D eigenvalue weighted by atomic mass is 9.89. The minimum Gasteiger partial charge on any atom is -0.0880 e. The normalized spacial score (nSPS) is 37.8. The van der Waals surface area contributed by atoms with Gasteiger partial charge in [0, 0.05) is 0 Å². The number of hydrogen-bond acceptors (Lipinski definition) is 0. The Morgan fingerprint density at radius 1 is 1.38 bits per heavy atom. The van der Waals surface area contributed by atoms with E-state index in [1.807, 2.05) is 0 Å². The predicted molar refractivity (Wildman–Crippen MR) is 36.1 cm³/mol. The first-order valence-corrected chi connectivity index (χ1v) is 3.12. The molecular formula is C8H12.